The van der Waals surface area contributed by atoms with Crippen molar-refractivity contribution in [2.45, 2.75) is 33.2 Å². The number of hydrogen-bond donors (Lipinski definition) is 1. The topological polar surface area (TPSA) is 58.4 Å². The van der Waals surface area contributed by atoms with E-state index in [0.29, 0.717) is 6.54 Å². The molecule has 18 heavy (non-hydrogen) atoms. The summed E-state index contributed by atoms with van der Waals surface area (Å²) in [7, 11) is 1.84. The summed E-state index contributed by atoms with van der Waals surface area (Å²) in [6, 6.07) is 1.87. The van der Waals surface area contributed by atoms with Crippen molar-refractivity contribution in [2.75, 3.05) is 20.1 Å². The quantitative estimate of drug-likeness (QED) is 0.877. The third-order valence-corrected chi connectivity index (χ3v) is 3.80. The van der Waals surface area contributed by atoms with Gasteiger partial charge in [-0.05, 0) is 26.3 Å². The highest BCUT2D eigenvalue weighted by Crippen LogP contribution is 2.31. The van der Waals surface area contributed by atoms with E-state index in [9.17, 15) is 4.79 Å². The fraction of sp³-hybridized carbons (Fsp3) is 0.692. The van der Waals surface area contributed by atoms with Crippen molar-refractivity contribution in [1.82, 2.24) is 15.4 Å². The molecule has 5 nitrogen and oxygen atoms in total. The van der Waals surface area contributed by atoms with Crippen LogP contribution in [-0.4, -0.2) is 36.1 Å². The second-order valence-corrected chi connectivity index (χ2v) is 5.15. The molecule has 2 heterocycles. The van der Waals surface area contributed by atoms with Crippen LogP contribution in [0.4, 0.5) is 0 Å². The first kappa shape index (κ1) is 13.1. The summed E-state index contributed by atoms with van der Waals surface area (Å²) in [4.78, 5) is 14.3. The van der Waals surface area contributed by atoms with Crippen LogP contribution in [0, 0.1) is 12.3 Å². The highest BCUT2D eigenvalue weighted by atomic mass is 16.5. The molecular weight excluding hydrogens is 230 g/mol. The van der Waals surface area contributed by atoms with Crippen molar-refractivity contribution < 1.29 is 9.32 Å². The van der Waals surface area contributed by atoms with Gasteiger partial charge in [-0.3, -0.25) is 4.79 Å². The molecule has 1 aromatic rings. The minimum absolute atomic E-state index is 0.204. The smallest absolute Gasteiger partial charge is 0.230 e. The maximum atomic E-state index is 12.5. The highest BCUT2D eigenvalue weighted by molar-refractivity contribution is 5.83. The zero-order valence-electron chi connectivity index (χ0n) is 11.3. The van der Waals surface area contributed by atoms with Crippen LogP contribution >= 0.6 is 0 Å². The van der Waals surface area contributed by atoms with Crippen molar-refractivity contribution in [3.05, 3.63) is 17.5 Å². The Labute approximate surface area is 108 Å². The lowest BCUT2D eigenvalue weighted by Crippen LogP contribution is -2.42. The van der Waals surface area contributed by atoms with Gasteiger partial charge in [-0.15, -0.1) is 0 Å². The number of aryl methyl sites for hydroxylation is 1. The van der Waals surface area contributed by atoms with E-state index in [1.54, 1.807) is 4.90 Å². The van der Waals surface area contributed by atoms with Gasteiger partial charge in [0.25, 0.3) is 0 Å². The maximum Gasteiger partial charge on any atom is 0.230 e. The normalized spacial score (nSPS) is 23.3. The third-order valence-electron chi connectivity index (χ3n) is 3.80. The molecule has 0 bridgehead atoms. The minimum Gasteiger partial charge on any atom is -0.361 e. The summed E-state index contributed by atoms with van der Waals surface area (Å²) in [5.41, 5.74) is 0.577. The lowest BCUT2D eigenvalue weighted by Gasteiger charge is -2.30. The lowest BCUT2D eigenvalue weighted by molar-refractivity contribution is -0.140. The largest absolute Gasteiger partial charge is 0.361 e. The Morgan fingerprint density at radius 3 is 2.94 bits per heavy atom. The van der Waals surface area contributed by atoms with E-state index in [0.717, 1.165) is 37.4 Å². The lowest BCUT2D eigenvalue weighted by atomic mass is 9.83. The average molecular weight is 251 g/mol. The van der Waals surface area contributed by atoms with Crippen LogP contribution in [0.15, 0.2) is 10.6 Å². The SMILES string of the molecule is CCC1(C(=O)N(C)Cc2cc(C)on2)CCNC1. The zero-order valence-corrected chi connectivity index (χ0v) is 11.3. The molecule has 0 saturated carbocycles. The van der Waals surface area contributed by atoms with Gasteiger partial charge in [0.15, 0.2) is 0 Å². The van der Waals surface area contributed by atoms with Gasteiger partial charge in [0.05, 0.1) is 12.0 Å². The molecule has 5 heteroatoms. The van der Waals surface area contributed by atoms with Crippen molar-refractivity contribution in [1.29, 1.82) is 0 Å². The Morgan fingerprint density at radius 2 is 2.44 bits per heavy atom. The molecule has 1 amide bonds. The van der Waals surface area contributed by atoms with Crippen molar-refractivity contribution in [3.63, 3.8) is 0 Å². The first-order chi connectivity index (χ1) is 8.57. The molecule has 1 aliphatic rings. The van der Waals surface area contributed by atoms with Gasteiger partial charge in [-0.1, -0.05) is 12.1 Å². The zero-order chi connectivity index (χ0) is 13.2. The first-order valence-electron chi connectivity index (χ1n) is 6.46. The molecule has 1 unspecified atom stereocenters. The number of nitrogens with zero attached hydrogens (tertiary/aromatic N) is 2. The summed E-state index contributed by atoms with van der Waals surface area (Å²) in [6.07, 6.45) is 1.80. The van der Waals surface area contributed by atoms with Gasteiger partial charge in [-0.25, -0.2) is 0 Å². The second kappa shape index (κ2) is 5.10. The monoisotopic (exact) mass is 251 g/mol. The van der Waals surface area contributed by atoms with E-state index in [1.807, 2.05) is 20.0 Å². The van der Waals surface area contributed by atoms with Crippen LogP contribution in [-0.2, 0) is 11.3 Å². The van der Waals surface area contributed by atoms with E-state index in [2.05, 4.69) is 17.4 Å². The average Bonchev–Trinajstić information content (AvgIpc) is 2.98. The Bertz CT molecular complexity index is 422. The molecule has 2 rings (SSSR count). The number of rotatable bonds is 4. The molecule has 1 N–H and O–H groups in total. The predicted molar refractivity (Wildman–Crippen MR) is 67.9 cm³/mol. The van der Waals surface area contributed by atoms with Crippen LogP contribution in [0.2, 0.25) is 0 Å². The van der Waals surface area contributed by atoms with E-state index in [4.69, 9.17) is 4.52 Å². The third kappa shape index (κ3) is 2.41. The van der Waals surface area contributed by atoms with Gasteiger partial charge in [0.1, 0.15) is 11.5 Å². The standard InChI is InChI=1S/C13H21N3O2/c1-4-13(5-6-14-9-13)12(17)16(3)8-11-7-10(2)18-15-11/h7,14H,4-6,8-9H2,1-3H3. The molecule has 0 aliphatic carbocycles. The Balaban J connectivity index is 2.04. The molecule has 0 radical (unpaired) electrons. The molecule has 1 saturated heterocycles. The number of hydrogen-bond acceptors (Lipinski definition) is 4. The summed E-state index contributed by atoms with van der Waals surface area (Å²) in [5.74, 6) is 0.981. The number of nitrogens with one attached hydrogen (secondary N) is 1. The van der Waals surface area contributed by atoms with E-state index >= 15 is 0 Å². The Kier molecular flexibility index (Phi) is 3.71. The van der Waals surface area contributed by atoms with Crippen molar-refractivity contribution in [2.24, 2.45) is 5.41 Å². The molecule has 1 aliphatic heterocycles. The van der Waals surface area contributed by atoms with Gasteiger partial charge >= 0.3 is 0 Å². The van der Waals surface area contributed by atoms with Gasteiger partial charge < -0.3 is 14.7 Å². The summed E-state index contributed by atoms with van der Waals surface area (Å²) in [6.45, 7) is 6.16. The number of amides is 1. The van der Waals surface area contributed by atoms with Crippen LogP contribution in [0.5, 0.6) is 0 Å². The predicted octanol–water partition coefficient (Wildman–Crippen LogP) is 1.33. The molecular formula is C13H21N3O2. The number of carbonyl (C=O) groups is 1. The minimum atomic E-state index is -0.229. The summed E-state index contributed by atoms with van der Waals surface area (Å²) < 4.78 is 5.02. The molecule has 1 atom stereocenters. The van der Waals surface area contributed by atoms with Crippen molar-refractivity contribution >= 4 is 5.91 Å². The van der Waals surface area contributed by atoms with Crippen LogP contribution in [0.1, 0.15) is 31.2 Å². The van der Waals surface area contributed by atoms with E-state index in [-0.39, 0.29) is 11.3 Å². The van der Waals surface area contributed by atoms with Gasteiger partial charge in [0.2, 0.25) is 5.91 Å². The van der Waals surface area contributed by atoms with E-state index < -0.39 is 0 Å². The Morgan fingerprint density at radius 1 is 1.67 bits per heavy atom. The summed E-state index contributed by atoms with van der Waals surface area (Å²) >= 11 is 0. The van der Waals surface area contributed by atoms with Crippen LogP contribution < -0.4 is 5.32 Å². The maximum absolute atomic E-state index is 12.5. The summed E-state index contributed by atoms with van der Waals surface area (Å²) in [5, 5.41) is 7.22. The number of carbonyl (C=O) groups excluding carboxylic acids is 1. The molecule has 100 valence electrons. The fourth-order valence-electron chi connectivity index (χ4n) is 2.59. The number of aromatic nitrogens is 1. The van der Waals surface area contributed by atoms with E-state index in [1.165, 1.54) is 0 Å². The molecule has 0 aromatic carbocycles. The molecule has 1 fully saturated rings. The first-order valence-corrected chi connectivity index (χ1v) is 6.46. The fourth-order valence-corrected chi connectivity index (χ4v) is 2.59. The molecule has 0 spiro atoms. The van der Waals surface area contributed by atoms with Crippen LogP contribution in [0.25, 0.3) is 0 Å². The highest BCUT2D eigenvalue weighted by Gasteiger charge is 2.41. The van der Waals surface area contributed by atoms with Crippen LogP contribution in [0.3, 0.4) is 0 Å². The second-order valence-electron chi connectivity index (χ2n) is 5.15. The van der Waals surface area contributed by atoms with Gasteiger partial charge in [-0.2, -0.15) is 0 Å². The van der Waals surface area contributed by atoms with Gasteiger partial charge in [0, 0.05) is 19.7 Å². The van der Waals surface area contributed by atoms with Crippen molar-refractivity contribution in [3.8, 4) is 0 Å². The Hall–Kier alpha value is -1.36. The molecule has 1 aromatic heterocycles.